The van der Waals surface area contributed by atoms with Crippen LogP contribution in [0.2, 0.25) is 0 Å². The molecule has 1 unspecified atom stereocenters. The summed E-state index contributed by atoms with van der Waals surface area (Å²) in [5.74, 6) is 1.68. The van der Waals surface area contributed by atoms with Gasteiger partial charge in [0.15, 0.2) is 11.5 Å². The predicted octanol–water partition coefficient (Wildman–Crippen LogP) is 3.13. The summed E-state index contributed by atoms with van der Waals surface area (Å²) >= 11 is 1.58. The molecule has 0 aliphatic carbocycles. The summed E-state index contributed by atoms with van der Waals surface area (Å²) in [6.07, 6.45) is 1.21. The van der Waals surface area contributed by atoms with Crippen molar-refractivity contribution >= 4 is 17.4 Å². The highest BCUT2D eigenvalue weighted by Crippen LogP contribution is 2.33. The van der Waals surface area contributed by atoms with Crippen LogP contribution in [0.15, 0.2) is 35.7 Å². The SMILES string of the molecule is O=C(NCc1ccc2c(c1)OCO2)N1CCC(C(O)c2cccs2)CC1. The van der Waals surface area contributed by atoms with Crippen molar-refractivity contribution in [3.05, 3.63) is 46.2 Å². The molecule has 1 aromatic carbocycles. The van der Waals surface area contributed by atoms with Crippen LogP contribution in [0.4, 0.5) is 4.79 Å². The summed E-state index contributed by atoms with van der Waals surface area (Å²) in [6, 6.07) is 9.55. The Kier molecular flexibility index (Phi) is 4.99. The number of aliphatic hydroxyl groups excluding tert-OH is 1. The lowest BCUT2D eigenvalue weighted by molar-refractivity contribution is 0.0689. The standard InChI is InChI=1S/C19H22N2O4S/c22-18(17-2-1-9-26-17)14-5-7-21(8-6-14)19(23)20-11-13-3-4-15-16(10-13)25-12-24-15/h1-4,9-10,14,18,22H,5-8,11-12H2,(H,20,23). The van der Waals surface area contributed by atoms with Gasteiger partial charge in [0, 0.05) is 24.5 Å². The molecule has 1 fully saturated rings. The van der Waals surface area contributed by atoms with Crippen LogP contribution in [0.3, 0.4) is 0 Å². The van der Waals surface area contributed by atoms with Crippen molar-refractivity contribution < 1.29 is 19.4 Å². The fourth-order valence-electron chi connectivity index (χ4n) is 3.45. The molecule has 0 bridgehead atoms. The monoisotopic (exact) mass is 374 g/mol. The summed E-state index contributed by atoms with van der Waals surface area (Å²) in [7, 11) is 0. The highest BCUT2D eigenvalue weighted by atomic mass is 32.1. The van der Waals surface area contributed by atoms with Gasteiger partial charge in [-0.2, -0.15) is 0 Å². The molecule has 2 aliphatic heterocycles. The molecule has 1 atom stereocenters. The van der Waals surface area contributed by atoms with Gasteiger partial charge in [0.25, 0.3) is 0 Å². The van der Waals surface area contributed by atoms with E-state index in [0.717, 1.165) is 34.8 Å². The first-order valence-electron chi connectivity index (χ1n) is 8.83. The highest BCUT2D eigenvalue weighted by Gasteiger charge is 2.28. The Balaban J connectivity index is 1.26. The first-order chi connectivity index (χ1) is 12.7. The number of carbonyl (C=O) groups excluding carboxylic acids is 1. The molecule has 6 nitrogen and oxygen atoms in total. The maximum Gasteiger partial charge on any atom is 0.317 e. The van der Waals surface area contributed by atoms with E-state index in [1.54, 1.807) is 11.3 Å². The molecular formula is C19H22N2O4S. The third-order valence-electron chi connectivity index (χ3n) is 4.99. The molecule has 26 heavy (non-hydrogen) atoms. The Morgan fingerprint density at radius 1 is 1.27 bits per heavy atom. The molecule has 1 aromatic heterocycles. The fraction of sp³-hybridized carbons (Fsp3) is 0.421. The van der Waals surface area contributed by atoms with E-state index in [-0.39, 0.29) is 18.7 Å². The minimum absolute atomic E-state index is 0.0632. The van der Waals surface area contributed by atoms with E-state index in [4.69, 9.17) is 9.47 Å². The molecule has 138 valence electrons. The van der Waals surface area contributed by atoms with Crippen molar-refractivity contribution in [1.82, 2.24) is 10.2 Å². The molecule has 2 aromatic rings. The number of nitrogens with zero attached hydrogens (tertiary/aromatic N) is 1. The maximum atomic E-state index is 12.4. The topological polar surface area (TPSA) is 71.0 Å². The third-order valence-corrected chi connectivity index (χ3v) is 5.93. The van der Waals surface area contributed by atoms with E-state index < -0.39 is 6.10 Å². The number of nitrogens with one attached hydrogen (secondary N) is 1. The normalized spacial score (nSPS) is 18.0. The molecule has 2 aliphatic rings. The number of hydrogen-bond donors (Lipinski definition) is 2. The number of benzene rings is 1. The number of piperidine rings is 1. The van der Waals surface area contributed by atoms with Crippen LogP contribution in [-0.4, -0.2) is 35.9 Å². The van der Waals surface area contributed by atoms with Crippen LogP contribution in [0.25, 0.3) is 0 Å². The van der Waals surface area contributed by atoms with Crippen molar-refractivity contribution in [2.45, 2.75) is 25.5 Å². The zero-order valence-electron chi connectivity index (χ0n) is 14.4. The molecule has 2 N–H and O–H groups in total. The fourth-order valence-corrected chi connectivity index (χ4v) is 4.25. The largest absolute Gasteiger partial charge is 0.454 e. The summed E-state index contributed by atoms with van der Waals surface area (Å²) in [4.78, 5) is 15.2. The van der Waals surface area contributed by atoms with Gasteiger partial charge in [-0.15, -0.1) is 11.3 Å². The van der Waals surface area contributed by atoms with E-state index >= 15 is 0 Å². The summed E-state index contributed by atoms with van der Waals surface area (Å²) < 4.78 is 10.7. The Labute approximate surface area is 156 Å². The molecule has 4 rings (SSSR count). The lowest BCUT2D eigenvalue weighted by Crippen LogP contribution is -2.44. The second kappa shape index (κ2) is 7.55. The third kappa shape index (κ3) is 3.64. The van der Waals surface area contributed by atoms with Gasteiger partial charge in [-0.05, 0) is 47.9 Å². The predicted molar refractivity (Wildman–Crippen MR) is 98.4 cm³/mol. The smallest absolute Gasteiger partial charge is 0.317 e. The van der Waals surface area contributed by atoms with Crippen LogP contribution >= 0.6 is 11.3 Å². The Hall–Kier alpha value is -2.25. The van der Waals surface area contributed by atoms with Crippen LogP contribution < -0.4 is 14.8 Å². The zero-order chi connectivity index (χ0) is 17.9. The Morgan fingerprint density at radius 3 is 2.85 bits per heavy atom. The van der Waals surface area contributed by atoms with Crippen molar-refractivity contribution in [3.8, 4) is 11.5 Å². The minimum Gasteiger partial charge on any atom is -0.454 e. The molecular weight excluding hydrogens is 352 g/mol. The van der Waals surface area contributed by atoms with E-state index in [1.807, 2.05) is 40.6 Å². The van der Waals surface area contributed by atoms with E-state index in [1.165, 1.54) is 0 Å². The number of carbonyl (C=O) groups is 1. The molecule has 0 spiro atoms. The van der Waals surface area contributed by atoms with Crippen LogP contribution in [0.5, 0.6) is 11.5 Å². The number of rotatable bonds is 4. The van der Waals surface area contributed by atoms with Crippen molar-refractivity contribution in [2.24, 2.45) is 5.92 Å². The van der Waals surface area contributed by atoms with Gasteiger partial charge in [-0.3, -0.25) is 0 Å². The van der Waals surface area contributed by atoms with Crippen LogP contribution in [0, 0.1) is 5.92 Å². The van der Waals surface area contributed by atoms with Crippen molar-refractivity contribution in [3.63, 3.8) is 0 Å². The van der Waals surface area contributed by atoms with Gasteiger partial charge in [-0.25, -0.2) is 4.79 Å². The molecule has 3 heterocycles. The molecule has 2 amide bonds. The van der Waals surface area contributed by atoms with Gasteiger partial charge in [0.05, 0.1) is 6.10 Å². The van der Waals surface area contributed by atoms with Gasteiger partial charge >= 0.3 is 6.03 Å². The van der Waals surface area contributed by atoms with Crippen LogP contribution in [-0.2, 0) is 6.54 Å². The molecule has 0 radical (unpaired) electrons. The maximum absolute atomic E-state index is 12.4. The quantitative estimate of drug-likeness (QED) is 0.863. The summed E-state index contributed by atoms with van der Waals surface area (Å²) in [5, 5.41) is 15.4. The number of ether oxygens (including phenoxy) is 2. The molecule has 1 saturated heterocycles. The van der Waals surface area contributed by atoms with E-state index in [9.17, 15) is 9.90 Å². The van der Waals surface area contributed by atoms with Crippen molar-refractivity contribution in [2.75, 3.05) is 19.9 Å². The van der Waals surface area contributed by atoms with E-state index in [0.29, 0.717) is 19.6 Å². The Bertz CT molecular complexity index is 757. The summed E-state index contributed by atoms with van der Waals surface area (Å²) in [5.41, 5.74) is 0.977. The first kappa shape index (κ1) is 17.2. The lowest BCUT2D eigenvalue weighted by Gasteiger charge is -2.34. The second-order valence-electron chi connectivity index (χ2n) is 6.63. The lowest BCUT2D eigenvalue weighted by atomic mass is 9.90. The average Bonchev–Trinajstić information content (AvgIpc) is 3.37. The zero-order valence-corrected chi connectivity index (χ0v) is 15.2. The van der Waals surface area contributed by atoms with Gasteiger partial charge in [-0.1, -0.05) is 12.1 Å². The van der Waals surface area contributed by atoms with Crippen LogP contribution in [0.1, 0.15) is 29.4 Å². The number of amides is 2. The number of hydrogen-bond acceptors (Lipinski definition) is 5. The molecule has 0 saturated carbocycles. The van der Waals surface area contributed by atoms with Gasteiger partial charge in [0.2, 0.25) is 6.79 Å². The average molecular weight is 374 g/mol. The minimum atomic E-state index is -0.422. The highest BCUT2D eigenvalue weighted by molar-refractivity contribution is 7.10. The van der Waals surface area contributed by atoms with E-state index in [2.05, 4.69) is 5.32 Å². The summed E-state index contributed by atoms with van der Waals surface area (Å²) in [6.45, 7) is 2.03. The first-order valence-corrected chi connectivity index (χ1v) is 9.71. The Morgan fingerprint density at radius 2 is 2.08 bits per heavy atom. The van der Waals surface area contributed by atoms with Crippen molar-refractivity contribution in [1.29, 1.82) is 0 Å². The second-order valence-corrected chi connectivity index (χ2v) is 7.61. The number of likely N-dealkylation sites (tertiary alicyclic amines) is 1. The number of thiophene rings is 1. The number of urea groups is 1. The number of aliphatic hydroxyl groups is 1. The van der Waals surface area contributed by atoms with Gasteiger partial charge in [0.1, 0.15) is 0 Å². The molecule has 7 heteroatoms. The van der Waals surface area contributed by atoms with Gasteiger partial charge < -0.3 is 24.8 Å². The number of fused-ring (bicyclic) bond motifs is 1.